The molecule has 1 amide bonds. The molecule has 3 heterocycles. The van der Waals surface area contributed by atoms with Crippen LogP contribution >= 0.6 is 22.9 Å². The first-order valence-electron chi connectivity index (χ1n) is 8.08. The number of hydrogen-bond acceptors (Lipinski definition) is 7. The van der Waals surface area contributed by atoms with Gasteiger partial charge in [-0.1, -0.05) is 0 Å². The van der Waals surface area contributed by atoms with Crippen molar-refractivity contribution in [1.29, 1.82) is 0 Å². The lowest BCUT2D eigenvalue weighted by Crippen LogP contribution is -2.26. The number of carbonyl (C=O) groups excluding carboxylic acids is 1. The van der Waals surface area contributed by atoms with Gasteiger partial charge in [0.25, 0.3) is 0 Å². The summed E-state index contributed by atoms with van der Waals surface area (Å²) in [5.74, 6) is 0.728. The number of ether oxygens (including phenoxy) is 1. The number of carbonyl (C=O) groups is 1. The van der Waals surface area contributed by atoms with Crippen LogP contribution in [0, 0.1) is 6.92 Å². The third kappa shape index (κ3) is 3.04. The first-order valence-corrected chi connectivity index (χ1v) is 9.28. The molecule has 26 heavy (non-hydrogen) atoms. The predicted octanol–water partition coefficient (Wildman–Crippen LogP) is 3.56. The Bertz CT molecular complexity index is 966. The zero-order valence-corrected chi connectivity index (χ0v) is 15.5. The van der Waals surface area contributed by atoms with Crippen molar-refractivity contribution in [2.75, 3.05) is 6.61 Å². The Hall–Kier alpha value is -2.16. The fourth-order valence-corrected chi connectivity index (χ4v) is 4.49. The Morgan fingerprint density at radius 1 is 1.50 bits per heavy atom. The maximum atomic E-state index is 12.1. The maximum Gasteiger partial charge on any atom is 0.414 e. The van der Waals surface area contributed by atoms with Crippen molar-refractivity contribution in [2.24, 2.45) is 0 Å². The van der Waals surface area contributed by atoms with E-state index in [2.05, 4.69) is 15.3 Å². The second kappa shape index (κ2) is 6.53. The van der Waals surface area contributed by atoms with Crippen LogP contribution in [0.4, 0.5) is 4.79 Å². The first kappa shape index (κ1) is 17.3. The molecule has 2 N–H and O–H groups in total. The molecule has 9 heteroatoms. The number of aryl methyl sites for hydroxylation is 1. The molecule has 1 fully saturated rings. The lowest BCUT2D eigenvalue weighted by Gasteiger charge is -2.09. The lowest BCUT2D eigenvalue weighted by molar-refractivity contribution is 0.198. The van der Waals surface area contributed by atoms with Crippen LogP contribution in [0.25, 0.3) is 10.2 Å². The summed E-state index contributed by atoms with van der Waals surface area (Å²) in [5.41, 5.74) is 1.39. The number of aliphatic hydroxyl groups excluding tert-OH is 1. The van der Waals surface area contributed by atoms with Crippen molar-refractivity contribution in [2.45, 2.75) is 31.7 Å². The standard InChI is InChI=1S/C17H16ClN3O4S/c1-9-11-12(26-13(9)17(8-22)4-5-17)14(21-15(18)20-11)25-16(23)19-7-10-3-2-6-24-10/h2-3,6,22H,4-5,7-8H2,1H3,(H,19,23). The Morgan fingerprint density at radius 2 is 2.31 bits per heavy atom. The van der Waals surface area contributed by atoms with Gasteiger partial charge in [0.15, 0.2) is 0 Å². The minimum Gasteiger partial charge on any atom is -0.467 e. The van der Waals surface area contributed by atoms with E-state index in [0.717, 1.165) is 23.3 Å². The summed E-state index contributed by atoms with van der Waals surface area (Å²) < 4.78 is 11.2. The Morgan fingerprint density at radius 3 is 2.96 bits per heavy atom. The number of nitrogens with zero attached hydrogens (tertiary/aromatic N) is 2. The molecule has 0 unspecified atom stereocenters. The molecule has 136 valence electrons. The van der Waals surface area contributed by atoms with Gasteiger partial charge in [-0.15, -0.1) is 11.3 Å². The number of rotatable bonds is 5. The van der Waals surface area contributed by atoms with Crippen LogP contribution in [-0.4, -0.2) is 27.8 Å². The molecule has 0 radical (unpaired) electrons. The highest BCUT2D eigenvalue weighted by Gasteiger charge is 2.46. The van der Waals surface area contributed by atoms with Crippen molar-refractivity contribution in [1.82, 2.24) is 15.3 Å². The van der Waals surface area contributed by atoms with Crippen LogP contribution in [0.3, 0.4) is 0 Å². The lowest BCUT2D eigenvalue weighted by atomic mass is 10.0. The zero-order chi connectivity index (χ0) is 18.3. The largest absolute Gasteiger partial charge is 0.467 e. The summed E-state index contributed by atoms with van der Waals surface area (Å²) in [6.45, 7) is 2.23. The number of aromatic nitrogens is 2. The first-order chi connectivity index (χ1) is 12.5. The Labute approximate surface area is 158 Å². The van der Waals surface area contributed by atoms with Gasteiger partial charge in [0.1, 0.15) is 10.5 Å². The van der Waals surface area contributed by atoms with Gasteiger partial charge < -0.3 is 19.6 Å². The third-order valence-corrected chi connectivity index (χ3v) is 6.21. The van der Waals surface area contributed by atoms with Crippen molar-refractivity contribution >= 4 is 39.2 Å². The molecule has 0 bridgehead atoms. The highest BCUT2D eigenvalue weighted by molar-refractivity contribution is 7.19. The van der Waals surface area contributed by atoms with Gasteiger partial charge >= 0.3 is 6.09 Å². The second-order valence-electron chi connectivity index (χ2n) is 6.29. The van der Waals surface area contributed by atoms with E-state index in [4.69, 9.17) is 20.8 Å². The minimum atomic E-state index is -0.659. The quantitative estimate of drug-likeness (QED) is 0.643. The van der Waals surface area contributed by atoms with Gasteiger partial charge in [-0.2, -0.15) is 4.98 Å². The molecule has 0 spiro atoms. The molecule has 0 aromatic carbocycles. The van der Waals surface area contributed by atoms with Gasteiger partial charge in [-0.3, -0.25) is 0 Å². The fraction of sp³-hybridized carbons (Fsp3) is 0.353. The van der Waals surface area contributed by atoms with E-state index in [1.165, 1.54) is 17.6 Å². The van der Waals surface area contributed by atoms with Gasteiger partial charge in [0, 0.05) is 10.3 Å². The van der Waals surface area contributed by atoms with E-state index < -0.39 is 6.09 Å². The van der Waals surface area contributed by atoms with Gasteiger partial charge in [0.05, 0.1) is 24.9 Å². The molecule has 3 aromatic heterocycles. The summed E-state index contributed by atoms with van der Waals surface area (Å²) in [7, 11) is 0. The zero-order valence-electron chi connectivity index (χ0n) is 13.9. The highest BCUT2D eigenvalue weighted by Crippen LogP contribution is 2.53. The van der Waals surface area contributed by atoms with E-state index in [1.54, 1.807) is 12.1 Å². The Kier molecular flexibility index (Phi) is 4.34. The van der Waals surface area contributed by atoms with E-state index in [-0.39, 0.29) is 29.7 Å². The Balaban J connectivity index is 1.62. The topological polar surface area (TPSA) is 97.5 Å². The number of furan rings is 1. The molecule has 1 aliphatic carbocycles. The normalized spacial score (nSPS) is 15.2. The number of nitrogens with one attached hydrogen (secondary N) is 1. The predicted molar refractivity (Wildman–Crippen MR) is 96.7 cm³/mol. The number of amides is 1. The van der Waals surface area contributed by atoms with E-state index in [1.807, 2.05) is 6.92 Å². The van der Waals surface area contributed by atoms with E-state index >= 15 is 0 Å². The van der Waals surface area contributed by atoms with Crippen molar-refractivity contribution < 1.29 is 19.1 Å². The SMILES string of the molecule is Cc1c(C2(CO)CC2)sc2c(OC(=O)NCc3ccco3)nc(Cl)nc12. The van der Waals surface area contributed by atoms with Crippen LogP contribution in [0.5, 0.6) is 5.88 Å². The summed E-state index contributed by atoms with van der Waals surface area (Å²) >= 11 is 7.46. The van der Waals surface area contributed by atoms with E-state index in [9.17, 15) is 9.90 Å². The molecular formula is C17H16ClN3O4S. The minimum absolute atomic E-state index is 0.00706. The van der Waals surface area contributed by atoms with Crippen LogP contribution in [0.15, 0.2) is 22.8 Å². The second-order valence-corrected chi connectivity index (χ2v) is 7.65. The molecule has 0 aliphatic heterocycles. The molecule has 7 nitrogen and oxygen atoms in total. The third-order valence-electron chi connectivity index (χ3n) is 4.52. The summed E-state index contributed by atoms with van der Waals surface area (Å²) in [5, 5.41) is 12.3. The summed E-state index contributed by atoms with van der Waals surface area (Å²) in [4.78, 5) is 21.5. The molecule has 4 rings (SSSR count). The van der Waals surface area contributed by atoms with Gasteiger partial charge in [0.2, 0.25) is 11.2 Å². The molecule has 0 saturated heterocycles. The van der Waals surface area contributed by atoms with Crippen LogP contribution in [0.2, 0.25) is 5.28 Å². The maximum absolute atomic E-state index is 12.1. The van der Waals surface area contributed by atoms with Gasteiger partial charge in [-0.25, -0.2) is 9.78 Å². The number of thiophene rings is 1. The average molecular weight is 394 g/mol. The molecule has 1 saturated carbocycles. The van der Waals surface area contributed by atoms with Crippen LogP contribution < -0.4 is 10.1 Å². The van der Waals surface area contributed by atoms with E-state index in [0.29, 0.717) is 16.0 Å². The average Bonchev–Trinajstić information content (AvgIpc) is 3.08. The van der Waals surface area contributed by atoms with Crippen molar-refractivity contribution in [3.8, 4) is 5.88 Å². The molecular weight excluding hydrogens is 378 g/mol. The van der Waals surface area contributed by atoms with Crippen LogP contribution in [0.1, 0.15) is 29.0 Å². The summed E-state index contributed by atoms with van der Waals surface area (Å²) in [6, 6.07) is 3.49. The van der Waals surface area contributed by atoms with Crippen LogP contribution in [-0.2, 0) is 12.0 Å². The summed E-state index contributed by atoms with van der Waals surface area (Å²) in [6.07, 6.45) is 2.73. The molecule has 3 aromatic rings. The number of aliphatic hydroxyl groups is 1. The van der Waals surface area contributed by atoms with Crippen molar-refractivity contribution in [3.05, 3.63) is 39.9 Å². The molecule has 1 aliphatic rings. The molecule has 0 atom stereocenters. The van der Waals surface area contributed by atoms with Crippen molar-refractivity contribution in [3.63, 3.8) is 0 Å². The number of halogens is 1. The smallest absolute Gasteiger partial charge is 0.414 e. The van der Waals surface area contributed by atoms with Gasteiger partial charge in [-0.05, 0) is 49.1 Å². The fourth-order valence-electron chi connectivity index (χ4n) is 2.92. The highest BCUT2D eigenvalue weighted by atomic mass is 35.5. The number of hydrogen-bond donors (Lipinski definition) is 2. The monoisotopic (exact) mass is 393 g/mol. The number of fused-ring (bicyclic) bond motifs is 1.